The smallest absolute Gasteiger partial charge is 0.304 e. The van der Waals surface area contributed by atoms with Crippen molar-refractivity contribution in [2.75, 3.05) is 26.2 Å². The van der Waals surface area contributed by atoms with Gasteiger partial charge in [0.1, 0.15) is 0 Å². The van der Waals surface area contributed by atoms with E-state index in [0.717, 1.165) is 31.5 Å². The molecule has 0 aromatic rings. The SMILES string of the molecule is CC(C)(C)CNC1CC(CC2CC2)CN(CCC(=O)O)C1. The summed E-state index contributed by atoms with van der Waals surface area (Å²) < 4.78 is 0. The number of carboxylic acids is 1. The summed E-state index contributed by atoms with van der Waals surface area (Å²) in [7, 11) is 0. The van der Waals surface area contributed by atoms with Gasteiger partial charge < -0.3 is 15.3 Å². The lowest BCUT2D eigenvalue weighted by molar-refractivity contribution is -0.137. The fourth-order valence-corrected chi connectivity index (χ4v) is 3.33. The average Bonchev–Trinajstić information content (AvgIpc) is 3.17. The Hall–Kier alpha value is -0.610. The third kappa shape index (κ3) is 6.79. The van der Waals surface area contributed by atoms with Gasteiger partial charge in [0.15, 0.2) is 0 Å². The van der Waals surface area contributed by atoms with Gasteiger partial charge in [-0.3, -0.25) is 4.79 Å². The molecule has 0 bridgehead atoms. The summed E-state index contributed by atoms with van der Waals surface area (Å²) in [5.74, 6) is 1.02. The number of likely N-dealkylation sites (tertiary alicyclic amines) is 1. The largest absolute Gasteiger partial charge is 0.481 e. The topological polar surface area (TPSA) is 52.6 Å². The maximum Gasteiger partial charge on any atom is 0.304 e. The van der Waals surface area contributed by atoms with Crippen molar-refractivity contribution in [2.24, 2.45) is 17.3 Å². The highest BCUT2D eigenvalue weighted by Gasteiger charge is 2.32. The molecular weight excluding hydrogens is 264 g/mol. The van der Waals surface area contributed by atoms with E-state index in [-0.39, 0.29) is 6.42 Å². The first-order valence-corrected chi connectivity index (χ1v) is 8.49. The lowest BCUT2D eigenvalue weighted by Crippen LogP contribution is -2.51. The highest BCUT2D eigenvalue weighted by atomic mass is 16.4. The Bertz CT molecular complexity index is 347. The number of nitrogens with one attached hydrogen (secondary N) is 1. The summed E-state index contributed by atoms with van der Waals surface area (Å²) in [6, 6.07) is 0.524. The number of nitrogens with zero attached hydrogens (tertiary/aromatic N) is 1. The standard InChI is InChI=1S/C17H32N2O2/c1-17(2,3)12-18-15-9-14(8-13-4-5-13)10-19(11-15)7-6-16(20)21/h13-15,18H,4-12H2,1-3H3,(H,20,21). The van der Waals surface area contributed by atoms with Crippen molar-refractivity contribution in [3.63, 3.8) is 0 Å². The van der Waals surface area contributed by atoms with Gasteiger partial charge in [-0.05, 0) is 30.1 Å². The Morgan fingerprint density at radius 2 is 1.95 bits per heavy atom. The molecule has 2 unspecified atom stereocenters. The maximum atomic E-state index is 10.8. The van der Waals surface area contributed by atoms with Crippen LogP contribution in [0.4, 0.5) is 0 Å². The second-order valence-corrected chi connectivity index (χ2v) is 8.32. The first-order valence-electron chi connectivity index (χ1n) is 8.49. The van der Waals surface area contributed by atoms with Gasteiger partial charge in [0.2, 0.25) is 0 Å². The molecule has 1 saturated heterocycles. The molecule has 122 valence electrons. The van der Waals surface area contributed by atoms with Gasteiger partial charge in [-0.1, -0.05) is 33.6 Å². The summed E-state index contributed by atoms with van der Waals surface area (Å²) in [4.78, 5) is 13.2. The van der Waals surface area contributed by atoms with Crippen molar-refractivity contribution in [3.8, 4) is 0 Å². The van der Waals surface area contributed by atoms with E-state index >= 15 is 0 Å². The van der Waals surface area contributed by atoms with Gasteiger partial charge in [0, 0.05) is 32.2 Å². The number of hydrogen-bond donors (Lipinski definition) is 2. The molecule has 1 aliphatic heterocycles. The van der Waals surface area contributed by atoms with Gasteiger partial charge in [0.05, 0.1) is 6.42 Å². The molecule has 0 amide bonds. The number of carboxylic acid groups (broad SMARTS) is 1. The van der Waals surface area contributed by atoms with E-state index in [1.807, 2.05) is 0 Å². The van der Waals surface area contributed by atoms with Crippen molar-refractivity contribution in [1.82, 2.24) is 10.2 Å². The zero-order valence-corrected chi connectivity index (χ0v) is 13.9. The summed E-state index contributed by atoms with van der Waals surface area (Å²) >= 11 is 0. The van der Waals surface area contributed by atoms with E-state index in [1.165, 1.54) is 25.7 Å². The minimum Gasteiger partial charge on any atom is -0.481 e. The number of piperidine rings is 1. The number of aliphatic carboxylic acids is 1. The molecule has 2 atom stereocenters. The zero-order chi connectivity index (χ0) is 15.5. The molecule has 0 radical (unpaired) electrons. The van der Waals surface area contributed by atoms with Crippen LogP contribution in [0.3, 0.4) is 0 Å². The monoisotopic (exact) mass is 296 g/mol. The fourth-order valence-electron chi connectivity index (χ4n) is 3.33. The molecule has 2 fully saturated rings. The Morgan fingerprint density at radius 1 is 1.24 bits per heavy atom. The Kier molecular flexibility index (Phi) is 5.67. The van der Waals surface area contributed by atoms with E-state index in [4.69, 9.17) is 5.11 Å². The summed E-state index contributed by atoms with van der Waals surface area (Å²) in [5, 5.41) is 12.6. The summed E-state index contributed by atoms with van der Waals surface area (Å²) in [6.07, 6.45) is 5.69. The highest BCUT2D eigenvalue weighted by Crippen LogP contribution is 2.37. The van der Waals surface area contributed by atoms with Gasteiger partial charge >= 0.3 is 5.97 Å². The van der Waals surface area contributed by atoms with E-state index < -0.39 is 5.97 Å². The van der Waals surface area contributed by atoms with Crippen LogP contribution in [-0.4, -0.2) is 48.2 Å². The minimum atomic E-state index is -0.682. The Morgan fingerprint density at radius 3 is 2.52 bits per heavy atom. The first-order chi connectivity index (χ1) is 9.82. The van der Waals surface area contributed by atoms with Crippen molar-refractivity contribution in [2.45, 2.75) is 58.9 Å². The van der Waals surface area contributed by atoms with E-state index in [1.54, 1.807) is 0 Å². The van der Waals surface area contributed by atoms with E-state index in [2.05, 4.69) is 31.0 Å². The second kappa shape index (κ2) is 7.10. The minimum absolute atomic E-state index is 0.266. The third-order valence-electron chi connectivity index (χ3n) is 4.54. The number of carbonyl (C=O) groups is 1. The third-order valence-corrected chi connectivity index (χ3v) is 4.54. The maximum absolute atomic E-state index is 10.8. The molecule has 1 heterocycles. The van der Waals surface area contributed by atoms with Crippen molar-refractivity contribution in [3.05, 3.63) is 0 Å². The van der Waals surface area contributed by atoms with Crippen LogP contribution < -0.4 is 5.32 Å². The van der Waals surface area contributed by atoms with Crippen LogP contribution in [0.5, 0.6) is 0 Å². The zero-order valence-electron chi connectivity index (χ0n) is 13.9. The molecule has 2 N–H and O–H groups in total. The van der Waals surface area contributed by atoms with Gasteiger partial charge in [0.25, 0.3) is 0 Å². The predicted octanol–water partition coefficient (Wildman–Crippen LogP) is 2.59. The summed E-state index contributed by atoms with van der Waals surface area (Å²) in [5.41, 5.74) is 0.301. The molecule has 2 rings (SSSR count). The van der Waals surface area contributed by atoms with Crippen molar-refractivity contribution >= 4 is 5.97 Å². The molecule has 4 nitrogen and oxygen atoms in total. The highest BCUT2D eigenvalue weighted by molar-refractivity contribution is 5.66. The molecule has 2 aliphatic rings. The van der Waals surface area contributed by atoms with Crippen LogP contribution in [0.1, 0.15) is 52.9 Å². The lowest BCUT2D eigenvalue weighted by Gasteiger charge is -2.39. The van der Waals surface area contributed by atoms with Crippen LogP contribution in [0.2, 0.25) is 0 Å². The quantitative estimate of drug-likeness (QED) is 0.758. The van der Waals surface area contributed by atoms with Crippen LogP contribution >= 0.6 is 0 Å². The van der Waals surface area contributed by atoms with Crippen LogP contribution in [-0.2, 0) is 4.79 Å². The molecule has 21 heavy (non-hydrogen) atoms. The van der Waals surface area contributed by atoms with E-state index in [9.17, 15) is 4.79 Å². The first kappa shape index (κ1) is 16.8. The van der Waals surface area contributed by atoms with Crippen LogP contribution in [0, 0.1) is 17.3 Å². The molecule has 0 spiro atoms. The number of rotatable bonds is 7. The predicted molar refractivity (Wildman–Crippen MR) is 85.4 cm³/mol. The molecule has 0 aromatic heterocycles. The molecule has 4 heteroatoms. The van der Waals surface area contributed by atoms with E-state index in [0.29, 0.717) is 18.0 Å². The Balaban J connectivity index is 1.84. The molecule has 0 aromatic carbocycles. The fraction of sp³-hybridized carbons (Fsp3) is 0.941. The van der Waals surface area contributed by atoms with Gasteiger partial charge in [-0.15, -0.1) is 0 Å². The number of hydrogen-bond acceptors (Lipinski definition) is 3. The molecule has 1 saturated carbocycles. The van der Waals surface area contributed by atoms with Crippen LogP contribution in [0.15, 0.2) is 0 Å². The second-order valence-electron chi connectivity index (χ2n) is 8.32. The van der Waals surface area contributed by atoms with Crippen LogP contribution in [0.25, 0.3) is 0 Å². The average molecular weight is 296 g/mol. The van der Waals surface area contributed by atoms with Crippen molar-refractivity contribution < 1.29 is 9.90 Å². The van der Waals surface area contributed by atoms with Gasteiger partial charge in [-0.2, -0.15) is 0 Å². The Labute approximate surface area is 129 Å². The van der Waals surface area contributed by atoms with Gasteiger partial charge in [-0.25, -0.2) is 0 Å². The van der Waals surface area contributed by atoms with Crippen molar-refractivity contribution in [1.29, 1.82) is 0 Å². The lowest BCUT2D eigenvalue weighted by atomic mass is 9.88. The molecule has 1 aliphatic carbocycles. The summed E-state index contributed by atoms with van der Waals surface area (Å²) in [6.45, 7) is 10.6. The molecular formula is C17H32N2O2. The normalized spacial score (nSPS) is 27.8.